The highest BCUT2D eigenvalue weighted by molar-refractivity contribution is 7.11. The molecule has 7 nitrogen and oxygen atoms in total. The van der Waals surface area contributed by atoms with E-state index in [1.807, 2.05) is 38.3 Å². The predicted octanol–water partition coefficient (Wildman–Crippen LogP) is 2.06. The van der Waals surface area contributed by atoms with Crippen molar-refractivity contribution in [3.8, 4) is 0 Å². The van der Waals surface area contributed by atoms with Crippen LogP contribution in [0.1, 0.15) is 21.5 Å². The Morgan fingerprint density at radius 2 is 1.89 bits per heavy atom. The summed E-state index contributed by atoms with van der Waals surface area (Å²) in [6.45, 7) is 6.26. The number of likely N-dealkylation sites (N-methyl/N-ethyl adjacent to an activating group) is 1. The number of hydrogen-bond acceptors (Lipinski definition) is 6. The maximum absolute atomic E-state index is 12.8. The molecule has 11 heteroatoms. The predicted molar refractivity (Wildman–Crippen MR) is 115 cm³/mol. The van der Waals surface area contributed by atoms with E-state index in [1.54, 1.807) is 22.2 Å². The molecule has 1 saturated heterocycles. The number of thiazole rings is 1. The third kappa shape index (κ3) is 6.58. The highest BCUT2D eigenvalue weighted by atomic mass is 35.5. The SMILES string of the molecule is CNC(C(=O)N1CCN(Cc2cnc(C)s2)CC1)c1cnn(C)c1.Cl.Cl.Cl. The van der Waals surface area contributed by atoms with Crippen molar-refractivity contribution in [3.05, 3.63) is 34.0 Å². The van der Waals surface area contributed by atoms with Gasteiger partial charge in [0.05, 0.1) is 11.2 Å². The Morgan fingerprint density at radius 3 is 2.37 bits per heavy atom. The lowest BCUT2D eigenvalue weighted by Crippen LogP contribution is -2.50. The maximum Gasteiger partial charge on any atom is 0.244 e. The van der Waals surface area contributed by atoms with Crippen molar-refractivity contribution in [1.82, 2.24) is 29.9 Å². The van der Waals surface area contributed by atoms with Gasteiger partial charge in [0, 0.05) is 62.6 Å². The summed E-state index contributed by atoms with van der Waals surface area (Å²) in [7, 11) is 3.68. The molecule has 0 aromatic carbocycles. The fourth-order valence-corrected chi connectivity index (χ4v) is 3.87. The topological polar surface area (TPSA) is 66.3 Å². The first-order valence-corrected chi connectivity index (χ1v) is 8.96. The van der Waals surface area contributed by atoms with Gasteiger partial charge in [0.1, 0.15) is 6.04 Å². The van der Waals surface area contributed by atoms with Gasteiger partial charge in [-0.1, -0.05) is 0 Å². The van der Waals surface area contributed by atoms with E-state index in [9.17, 15) is 4.79 Å². The Bertz CT molecular complexity index is 702. The van der Waals surface area contributed by atoms with E-state index in [4.69, 9.17) is 0 Å². The van der Waals surface area contributed by atoms with Crippen molar-refractivity contribution in [1.29, 1.82) is 0 Å². The molecule has 3 rings (SSSR count). The van der Waals surface area contributed by atoms with E-state index in [0.717, 1.165) is 43.3 Å². The van der Waals surface area contributed by atoms with Crippen molar-refractivity contribution < 1.29 is 4.79 Å². The molecule has 2 aromatic heterocycles. The van der Waals surface area contributed by atoms with Crippen LogP contribution in [0.25, 0.3) is 0 Å². The Kier molecular flexibility index (Phi) is 11.4. The molecule has 1 unspecified atom stereocenters. The van der Waals surface area contributed by atoms with Gasteiger partial charge in [-0.25, -0.2) is 4.98 Å². The second kappa shape index (κ2) is 11.8. The summed E-state index contributed by atoms with van der Waals surface area (Å²) in [5.41, 5.74) is 0.910. The zero-order valence-corrected chi connectivity index (χ0v) is 18.9. The van der Waals surface area contributed by atoms with Crippen LogP contribution in [0, 0.1) is 6.92 Å². The van der Waals surface area contributed by atoms with Crippen LogP contribution in [0.3, 0.4) is 0 Å². The number of rotatable bonds is 5. The first-order valence-electron chi connectivity index (χ1n) is 8.15. The summed E-state index contributed by atoms with van der Waals surface area (Å²) >= 11 is 1.74. The second-order valence-electron chi connectivity index (χ2n) is 6.12. The summed E-state index contributed by atoms with van der Waals surface area (Å²) in [6.07, 6.45) is 5.60. The number of hydrogen-bond donors (Lipinski definition) is 1. The van der Waals surface area contributed by atoms with E-state index >= 15 is 0 Å². The highest BCUT2D eigenvalue weighted by Gasteiger charge is 2.28. The molecule has 0 saturated carbocycles. The van der Waals surface area contributed by atoms with Crippen molar-refractivity contribution in [3.63, 3.8) is 0 Å². The van der Waals surface area contributed by atoms with Gasteiger partial charge in [-0.3, -0.25) is 14.4 Å². The monoisotopic (exact) mass is 456 g/mol. The van der Waals surface area contributed by atoms with Crippen LogP contribution in [0.15, 0.2) is 18.6 Å². The molecule has 1 atom stereocenters. The standard InChI is InChI=1S/C16H24N6OS.3ClH/c1-12-18-9-14(24-12)11-21-4-6-22(7-5-21)16(23)15(17-2)13-8-19-20(3)10-13;;;/h8-10,15,17H,4-7,11H2,1-3H3;3*1H. The van der Waals surface area contributed by atoms with Crippen molar-refractivity contribution in [2.75, 3.05) is 33.2 Å². The van der Waals surface area contributed by atoms with Crippen molar-refractivity contribution >= 4 is 54.5 Å². The molecular formula is C16H27Cl3N6OS. The minimum atomic E-state index is -0.325. The molecule has 1 aliphatic heterocycles. The molecule has 1 aliphatic rings. The second-order valence-corrected chi connectivity index (χ2v) is 7.44. The van der Waals surface area contributed by atoms with Gasteiger partial charge < -0.3 is 10.2 Å². The number of carbonyl (C=O) groups excluding carboxylic acids is 1. The van der Waals surface area contributed by atoms with Gasteiger partial charge in [-0.2, -0.15) is 5.10 Å². The van der Waals surface area contributed by atoms with Gasteiger partial charge in [0.15, 0.2) is 0 Å². The molecule has 0 aliphatic carbocycles. The average molecular weight is 458 g/mol. The summed E-state index contributed by atoms with van der Waals surface area (Å²) in [5.74, 6) is 0.124. The van der Waals surface area contributed by atoms with Crippen molar-refractivity contribution in [2.45, 2.75) is 19.5 Å². The fraction of sp³-hybridized carbons (Fsp3) is 0.562. The molecule has 0 bridgehead atoms. The van der Waals surface area contributed by atoms with Crippen LogP contribution in [-0.4, -0.2) is 63.7 Å². The number of aryl methyl sites for hydroxylation is 2. The number of halogens is 3. The molecular weight excluding hydrogens is 431 g/mol. The third-order valence-corrected chi connectivity index (χ3v) is 5.22. The zero-order chi connectivity index (χ0) is 17.1. The molecule has 1 amide bonds. The fourth-order valence-electron chi connectivity index (χ4n) is 3.03. The van der Waals surface area contributed by atoms with Crippen LogP contribution in [0.4, 0.5) is 0 Å². The number of piperazine rings is 1. The summed E-state index contributed by atoms with van der Waals surface area (Å²) in [4.78, 5) is 22.7. The van der Waals surface area contributed by atoms with E-state index in [2.05, 4.69) is 20.3 Å². The Hall–Kier alpha value is -0.900. The van der Waals surface area contributed by atoms with E-state index < -0.39 is 0 Å². The molecule has 1 fully saturated rings. The average Bonchev–Trinajstić information content (AvgIpc) is 3.17. The molecule has 1 N–H and O–H groups in total. The third-order valence-electron chi connectivity index (χ3n) is 4.33. The van der Waals surface area contributed by atoms with Crippen LogP contribution < -0.4 is 5.32 Å². The van der Waals surface area contributed by atoms with Gasteiger partial charge in [0.2, 0.25) is 5.91 Å². The normalized spacial score (nSPS) is 15.3. The van der Waals surface area contributed by atoms with Crippen LogP contribution in [0.2, 0.25) is 0 Å². The first-order chi connectivity index (χ1) is 11.6. The summed E-state index contributed by atoms with van der Waals surface area (Å²) < 4.78 is 1.72. The van der Waals surface area contributed by atoms with E-state index in [0.29, 0.717) is 0 Å². The van der Waals surface area contributed by atoms with E-state index in [1.165, 1.54) is 4.88 Å². The quantitative estimate of drug-likeness (QED) is 0.744. The molecule has 3 heterocycles. The first kappa shape index (κ1) is 26.1. The molecule has 0 radical (unpaired) electrons. The Balaban J connectivity index is 0.00000225. The van der Waals surface area contributed by atoms with Gasteiger partial charge in [-0.05, 0) is 14.0 Å². The van der Waals surface area contributed by atoms with Crippen LogP contribution in [-0.2, 0) is 18.4 Å². The highest BCUT2D eigenvalue weighted by Crippen LogP contribution is 2.18. The van der Waals surface area contributed by atoms with Gasteiger partial charge in [-0.15, -0.1) is 48.6 Å². The van der Waals surface area contributed by atoms with Gasteiger partial charge in [0.25, 0.3) is 0 Å². The number of carbonyl (C=O) groups is 1. The van der Waals surface area contributed by atoms with Crippen molar-refractivity contribution in [2.24, 2.45) is 7.05 Å². The molecule has 0 spiro atoms. The number of nitrogens with one attached hydrogen (secondary N) is 1. The largest absolute Gasteiger partial charge is 0.338 e. The van der Waals surface area contributed by atoms with E-state index in [-0.39, 0.29) is 49.2 Å². The number of nitrogens with zero attached hydrogens (tertiary/aromatic N) is 5. The zero-order valence-electron chi connectivity index (χ0n) is 15.6. The lowest BCUT2D eigenvalue weighted by atomic mass is 10.1. The number of amides is 1. The smallest absolute Gasteiger partial charge is 0.244 e. The Morgan fingerprint density at radius 1 is 1.22 bits per heavy atom. The molecule has 154 valence electrons. The summed E-state index contributed by atoms with van der Waals surface area (Å²) in [6, 6.07) is -0.325. The van der Waals surface area contributed by atoms with Crippen LogP contribution in [0.5, 0.6) is 0 Å². The maximum atomic E-state index is 12.8. The minimum Gasteiger partial charge on any atom is -0.338 e. The Labute approximate surface area is 182 Å². The van der Waals surface area contributed by atoms with Gasteiger partial charge >= 0.3 is 0 Å². The summed E-state index contributed by atoms with van der Waals surface area (Å²) in [5, 5.41) is 8.39. The lowest BCUT2D eigenvalue weighted by Gasteiger charge is -2.36. The van der Waals surface area contributed by atoms with Crippen LogP contribution >= 0.6 is 48.6 Å². The molecule has 27 heavy (non-hydrogen) atoms. The lowest BCUT2D eigenvalue weighted by molar-refractivity contribution is -0.135. The molecule has 2 aromatic rings. The number of aromatic nitrogens is 3. The minimum absolute atomic E-state index is 0.